The molecule has 1 aromatic rings. The predicted molar refractivity (Wildman–Crippen MR) is 32.6 cm³/mol. The van der Waals surface area contributed by atoms with Gasteiger partial charge in [-0.2, -0.15) is 0 Å². The van der Waals surface area contributed by atoms with E-state index in [1.807, 2.05) is 0 Å². The quantitative estimate of drug-likeness (QED) is 0.260. The third-order valence-electron chi connectivity index (χ3n) is 0.727. The first-order chi connectivity index (χ1) is 4.34. The normalized spacial score (nSPS) is 9.00. The Morgan fingerprint density at radius 1 is 1.89 bits per heavy atom. The van der Waals surface area contributed by atoms with Crippen LogP contribution in [0.2, 0.25) is 0 Å². The molecule has 0 unspecified atom stereocenters. The monoisotopic (exact) mass is 144 g/mol. The summed E-state index contributed by atoms with van der Waals surface area (Å²) in [4.78, 5) is 9.94. The lowest BCUT2D eigenvalue weighted by atomic mass is 10.8. The van der Waals surface area contributed by atoms with Crippen molar-refractivity contribution in [3.63, 3.8) is 0 Å². The van der Waals surface area contributed by atoms with Crippen LogP contribution in [0.1, 0.15) is 0 Å². The summed E-state index contributed by atoms with van der Waals surface area (Å²) in [5.74, 6) is 5.48. The summed E-state index contributed by atoms with van der Waals surface area (Å²) in [5.41, 5.74) is 0. The maximum absolute atomic E-state index is 9.94. The molecule has 1 aromatic heterocycles. The van der Waals surface area contributed by atoms with Gasteiger partial charge in [0, 0.05) is 0 Å². The number of nitrogens with zero attached hydrogens (tertiary/aromatic N) is 3. The zero-order chi connectivity index (χ0) is 6.69. The van der Waals surface area contributed by atoms with Crippen LogP contribution in [0.25, 0.3) is 0 Å². The van der Waals surface area contributed by atoms with Gasteiger partial charge in [0.15, 0.2) is 5.82 Å². The van der Waals surface area contributed by atoms with E-state index in [1.54, 1.807) is 5.38 Å². The molecule has 0 aliphatic carbocycles. The van der Waals surface area contributed by atoms with Crippen molar-refractivity contribution >= 4 is 23.8 Å². The van der Waals surface area contributed by atoms with Gasteiger partial charge in [0.05, 0.1) is 5.38 Å². The summed E-state index contributed by atoms with van der Waals surface area (Å²) in [6.45, 7) is 0. The lowest BCUT2D eigenvalue weighted by Gasteiger charge is -2.01. The number of carbonyl (C=O) groups excluding carboxylic acids is 1. The Morgan fingerprint density at radius 2 is 2.67 bits per heavy atom. The lowest BCUT2D eigenvalue weighted by molar-refractivity contribution is -0.107. The van der Waals surface area contributed by atoms with Crippen molar-refractivity contribution in [1.29, 1.82) is 0 Å². The highest BCUT2D eigenvalue weighted by molar-refractivity contribution is 7.03. The molecular weight excluding hydrogens is 140 g/mol. The molecule has 0 fully saturated rings. The van der Waals surface area contributed by atoms with Crippen LogP contribution >= 0.6 is 11.5 Å². The molecule has 0 saturated heterocycles. The van der Waals surface area contributed by atoms with Gasteiger partial charge in [-0.05, 0) is 11.5 Å². The third kappa shape index (κ3) is 1.21. The first kappa shape index (κ1) is 6.12. The number of amides is 1. The number of aromatic nitrogens is 2. The molecular formula is C3H4N4OS. The topological polar surface area (TPSA) is 72.1 Å². The second kappa shape index (κ2) is 2.51. The zero-order valence-corrected chi connectivity index (χ0v) is 5.21. The summed E-state index contributed by atoms with van der Waals surface area (Å²) < 4.78 is 3.50. The van der Waals surface area contributed by atoms with Crippen LogP contribution in [0.15, 0.2) is 5.38 Å². The number of anilines is 1. The maximum Gasteiger partial charge on any atom is 0.229 e. The van der Waals surface area contributed by atoms with Crippen molar-refractivity contribution < 1.29 is 4.79 Å². The number of rotatable bonds is 2. The second-order valence-electron chi connectivity index (χ2n) is 1.28. The summed E-state index contributed by atoms with van der Waals surface area (Å²) in [6.07, 6.45) is 0.469. The molecule has 1 amide bonds. The minimum absolute atomic E-state index is 0.370. The van der Waals surface area contributed by atoms with E-state index in [1.165, 1.54) is 0 Å². The molecule has 0 radical (unpaired) electrons. The van der Waals surface area contributed by atoms with Gasteiger partial charge in [-0.3, -0.25) is 4.79 Å². The zero-order valence-electron chi connectivity index (χ0n) is 4.39. The van der Waals surface area contributed by atoms with Crippen molar-refractivity contribution in [2.45, 2.75) is 0 Å². The number of hydrogen-bond donors (Lipinski definition) is 1. The maximum atomic E-state index is 9.94. The summed E-state index contributed by atoms with van der Waals surface area (Å²) in [5, 5.41) is 5.97. The standard InChI is InChI=1S/C3H4N4OS/c4-7(2-8)3-1-9-6-5-3/h1-2H,4H2. The lowest BCUT2D eigenvalue weighted by Crippen LogP contribution is -2.28. The molecule has 0 aliphatic heterocycles. The number of hydrogen-bond acceptors (Lipinski definition) is 5. The summed E-state index contributed by atoms with van der Waals surface area (Å²) in [7, 11) is 0. The van der Waals surface area contributed by atoms with Crippen molar-refractivity contribution in [2.24, 2.45) is 5.84 Å². The Morgan fingerprint density at radius 3 is 3.11 bits per heavy atom. The molecule has 5 nitrogen and oxygen atoms in total. The molecule has 0 aliphatic rings. The fourth-order valence-corrected chi connectivity index (χ4v) is 0.767. The van der Waals surface area contributed by atoms with E-state index in [2.05, 4.69) is 9.59 Å². The van der Waals surface area contributed by atoms with Crippen molar-refractivity contribution in [3.05, 3.63) is 5.38 Å². The van der Waals surface area contributed by atoms with Crippen LogP contribution in [-0.2, 0) is 4.79 Å². The minimum atomic E-state index is 0.370. The smallest absolute Gasteiger partial charge is 0.229 e. The Bertz CT molecular complexity index is 186. The molecule has 6 heteroatoms. The van der Waals surface area contributed by atoms with Crippen LogP contribution in [0, 0.1) is 0 Å². The Hall–Kier alpha value is -1.01. The van der Waals surface area contributed by atoms with Crippen LogP contribution in [-0.4, -0.2) is 16.0 Å². The van der Waals surface area contributed by atoms with E-state index in [9.17, 15) is 4.79 Å². The fraction of sp³-hybridized carbons (Fsp3) is 0. The largest absolute Gasteiger partial charge is 0.277 e. The summed E-state index contributed by atoms with van der Waals surface area (Å²) in [6, 6.07) is 0. The van der Waals surface area contributed by atoms with Gasteiger partial charge >= 0.3 is 0 Å². The Kier molecular flexibility index (Phi) is 1.71. The SMILES string of the molecule is NN(C=O)c1csnn1. The highest BCUT2D eigenvalue weighted by Crippen LogP contribution is 2.04. The average Bonchev–Trinajstić information content (AvgIpc) is 2.37. The molecule has 0 atom stereocenters. The summed E-state index contributed by atoms with van der Waals surface area (Å²) >= 11 is 1.14. The number of nitrogens with two attached hydrogens (primary N) is 1. The van der Waals surface area contributed by atoms with Crippen molar-refractivity contribution in [1.82, 2.24) is 9.59 Å². The second-order valence-corrected chi connectivity index (χ2v) is 1.89. The van der Waals surface area contributed by atoms with E-state index in [0.717, 1.165) is 16.5 Å². The van der Waals surface area contributed by atoms with E-state index in [-0.39, 0.29) is 0 Å². The minimum Gasteiger partial charge on any atom is -0.277 e. The van der Waals surface area contributed by atoms with Gasteiger partial charge in [0.25, 0.3) is 0 Å². The van der Waals surface area contributed by atoms with Crippen LogP contribution in [0.5, 0.6) is 0 Å². The molecule has 0 spiro atoms. The molecule has 0 aromatic carbocycles. The Balaban J connectivity index is 2.76. The van der Waals surface area contributed by atoms with E-state index in [4.69, 9.17) is 5.84 Å². The molecule has 1 heterocycles. The van der Waals surface area contributed by atoms with Gasteiger partial charge in [0.2, 0.25) is 6.41 Å². The molecule has 1 rings (SSSR count). The van der Waals surface area contributed by atoms with E-state index >= 15 is 0 Å². The van der Waals surface area contributed by atoms with Crippen LogP contribution < -0.4 is 10.9 Å². The highest BCUT2D eigenvalue weighted by Gasteiger charge is 1.99. The Labute approximate surface area is 55.2 Å². The molecule has 48 valence electrons. The molecule has 0 bridgehead atoms. The van der Waals surface area contributed by atoms with Gasteiger partial charge in [-0.15, -0.1) is 5.10 Å². The molecule has 0 saturated carbocycles. The average molecular weight is 144 g/mol. The van der Waals surface area contributed by atoms with Gasteiger partial charge < -0.3 is 0 Å². The van der Waals surface area contributed by atoms with Crippen LogP contribution in [0.3, 0.4) is 0 Å². The van der Waals surface area contributed by atoms with Crippen molar-refractivity contribution in [2.75, 3.05) is 5.01 Å². The first-order valence-corrected chi connectivity index (χ1v) is 2.94. The first-order valence-electron chi connectivity index (χ1n) is 2.11. The fourth-order valence-electron chi connectivity index (χ4n) is 0.326. The van der Waals surface area contributed by atoms with E-state index < -0.39 is 0 Å². The van der Waals surface area contributed by atoms with Gasteiger partial charge in [-0.1, -0.05) is 4.49 Å². The van der Waals surface area contributed by atoms with E-state index in [0.29, 0.717) is 12.2 Å². The highest BCUT2D eigenvalue weighted by atomic mass is 32.1. The number of hydrazine groups is 1. The van der Waals surface area contributed by atoms with Crippen LogP contribution in [0.4, 0.5) is 5.82 Å². The predicted octanol–water partition coefficient (Wildman–Crippen LogP) is -0.625. The van der Waals surface area contributed by atoms with Crippen molar-refractivity contribution in [3.8, 4) is 0 Å². The molecule has 2 N–H and O–H groups in total. The number of carbonyl (C=O) groups is 1. The van der Waals surface area contributed by atoms with Gasteiger partial charge in [-0.25, -0.2) is 10.9 Å². The van der Waals surface area contributed by atoms with Gasteiger partial charge in [0.1, 0.15) is 0 Å². The third-order valence-corrected chi connectivity index (χ3v) is 1.22. The molecule has 9 heavy (non-hydrogen) atoms.